The molecule has 0 aliphatic carbocycles. The molecule has 6 heteroatoms. The Bertz CT molecular complexity index is 998. The van der Waals surface area contributed by atoms with Gasteiger partial charge >= 0.3 is 0 Å². The van der Waals surface area contributed by atoms with Gasteiger partial charge in [0.1, 0.15) is 5.69 Å². The van der Waals surface area contributed by atoms with Gasteiger partial charge in [-0.25, -0.2) is 4.68 Å². The fourth-order valence-corrected chi connectivity index (χ4v) is 2.94. The van der Waals surface area contributed by atoms with Crippen molar-refractivity contribution >= 4 is 5.91 Å². The number of hydrogen-bond donors (Lipinski definition) is 3. The van der Waals surface area contributed by atoms with Crippen molar-refractivity contribution < 1.29 is 4.79 Å². The summed E-state index contributed by atoms with van der Waals surface area (Å²) >= 11 is 0. The van der Waals surface area contributed by atoms with Crippen LogP contribution in [0, 0.1) is 6.92 Å². The average molecular weight is 378 g/mol. The van der Waals surface area contributed by atoms with Gasteiger partial charge in [0.25, 0.3) is 11.5 Å². The normalized spacial score (nSPS) is 12.2. The Hall–Kier alpha value is -3.12. The summed E-state index contributed by atoms with van der Waals surface area (Å²) in [4.78, 5) is 24.6. The predicted molar refractivity (Wildman–Crippen MR) is 111 cm³/mol. The van der Waals surface area contributed by atoms with Gasteiger partial charge < -0.3 is 11.1 Å². The van der Waals surface area contributed by atoms with Crippen LogP contribution >= 0.6 is 0 Å². The number of carbonyl (C=O) groups is 1. The maximum absolute atomic E-state index is 12.4. The number of benzene rings is 2. The van der Waals surface area contributed by atoms with E-state index in [1.165, 1.54) is 16.3 Å². The van der Waals surface area contributed by atoms with Gasteiger partial charge in [0.05, 0.1) is 5.69 Å². The molecule has 0 fully saturated rings. The van der Waals surface area contributed by atoms with Crippen LogP contribution in [0.4, 0.5) is 0 Å². The number of aromatic nitrogens is 2. The Morgan fingerprint density at radius 1 is 1.07 bits per heavy atom. The van der Waals surface area contributed by atoms with Crippen LogP contribution in [0.2, 0.25) is 0 Å². The Balaban J connectivity index is 1.65. The molecule has 1 amide bonds. The van der Waals surface area contributed by atoms with Crippen molar-refractivity contribution in [2.24, 2.45) is 5.73 Å². The third-order valence-electron chi connectivity index (χ3n) is 4.77. The molecule has 1 aromatic heterocycles. The quantitative estimate of drug-likeness (QED) is 0.615. The molecule has 0 aliphatic heterocycles. The molecule has 0 aliphatic rings. The second-order valence-electron chi connectivity index (χ2n) is 7.32. The highest BCUT2D eigenvalue weighted by molar-refractivity contribution is 5.92. The lowest BCUT2D eigenvalue weighted by molar-refractivity contribution is 0.0946. The van der Waals surface area contributed by atoms with E-state index in [1.54, 1.807) is 0 Å². The summed E-state index contributed by atoms with van der Waals surface area (Å²) in [5.74, 6) is 0.0941. The molecule has 1 atom stereocenters. The van der Waals surface area contributed by atoms with E-state index in [4.69, 9.17) is 5.73 Å². The van der Waals surface area contributed by atoms with Crippen LogP contribution in [0.5, 0.6) is 0 Å². The second-order valence-corrected chi connectivity index (χ2v) is 7.32. The number of rotatable bonds is 6. The number of nitrogens with two attached hydrogens (primary N) is 1. The van der Waals surface area contributed by atoms with Gasteiger partial charge in [0.15, 0.2) is 0 Å². The van der Waals surface area contributed by atoms with Gasteiger partial charge in [-0.2, -0.15) is 0 Å². The Labute approximate surface area is 164 Å². The molecule has 1 heterocycles. The number of carbonyl (C=O) groups excluding carboxylic acids is 1. The maximum atomic E-state index is 12.4. The van der Waals surface area contributed by atoms with E-state index in [2.05, 4.69) is 36.4 Å². The van der Waals surface area contributed by atoms with Gasteiger partial charge in [-0.1, -0.05) is 55.8 Å². The summed E-state index contributed by atoms with van der Waals surface area (Å²) in [6, 6.07) is 16.5. The maximum Gasteiger partial charge on any atom is 0.271 e. The van der Waals surface area contributed by atoms with Crippen LogP contribution in [0.3, 0.4) is 0 Å². The van der Waals surface area contributed by atoms with Gasteiger partial charge in [-0.05, 0) is 36.1 Å². The third-order valence-corrected chi connectivity index (χ3v) is 4.77. The van der Waals surface area contributed by atoms with E-state index in [9.17, 15) is 9.59 Å². The van der Waals surface area contributed by atoms with E-state index >= 15 is 0 Å². The predicted octanol–water partition coefficient (Wildman–Crippen LogP) is 3.03. The van der Waals surface area contributed by atoms with Crippen molar-refractivity contribution in [1.82, 2.24) is 15.1 Å². The van der Waals surface area contributed by atoms with Crippen LogP contribution in [-0.2, 0) is 0 Å². The van der Waals surface area contributed by atoms with Gasteiger partial charge in [0, 0.05) is 18.7 Å². The lowest BCUT2D eigenvalue weighted by atomic mass is 9.99. The van der Waals surface area contributed by atoms with Crippen molar-refractivity contribution in [3.8, 4) is 5.69 Å². The minimum atomic E-state index is -0.364. The molecule has 146 valence electrons. The largest absolute Gasteiger partial charge is 0.349 e. The first-order valence-electron chi connectivity index (χ1n) is 9.38. The molecule has 6 nitrogen and oxygen atoms in total. The Morgan fingerprint density at radius 3 is 2.29 bits per heavy atom. The zero-order valence-corrected chi connectivity index (χ0v) is 16.4. The molecule has 3 aromatic rings. The van der Waals surface area contributed by atoms with Crippen molar-refractivity contribution in [2.45, 2.75) is 32.7 Å². The van der Waals surface area contributed by atoms with Gasteiger partial charge in [0.2, 0.25) is 0 Å². The van der Waals surface area contributed by atoms with E-state index in [0.717, 1.165) is 11.1 Å². The van der Waals surface area contributed by atoms with E-state index < -0.39 is 0 Å². The Kier molecular flexibility index (Phi) is 5.80. The fraction of sp³-hybridized carbons (Fsp3) is 0.273. The molecule has 0 saturated carbocycles. The van der Waals surface area contributed by atoms with E-state index in [-0.39, 0.29) is 29.7 Å². The molecule has 4 N–H and O–H groups in total. The zero-order chi connectivity index (χ0) is 20.3. The third kappa shape index (κ3) is 4.40. The number of aryl methyl sites for hydroxylation is 1. The Morgan fingerprint density at radius 2 is 1.68 bits per heavy atom. The van der Waals surface area contributed by atoms with E-state index in [1.807, 2.05) is 43.3 Å². The minimum Gasteiger partial charge on any atom is -0.349 e. The lowest BCUT2D eigenvalue weighted by Crippen LogP contribution is -2.32. The first kappa shape index (κ1) is 19.6. The molecule has 0 radical (unpaired) electrons. The highest BCUT2D eigenvalue weighted by Gasteiger charge is 2.14. The summed E-state index contributed by atoms with van der Waals surface area (Å²) in [5, 5.41) is 5.64. The number of amides is 1. The first-order chi connectivity index (χ1) is 13.3. The molecule has 0 saturated heterocycles. The number of nitrogens with one attached hydrogen (secondary N) is 2. The standard InChI is InChI=1S/C22H26N4O2/c1-14(2)16-6-8-17(9-7-16)19(23)13-24-22(28)20-12-21(27)26(25-20)18-10-4-15(3)5-11-18/h4-12,14,19,25H,13,23H2,1-3H3,(H,24,28). The summed E-state index contributed by atoms with van der Waals surface area (Å²) in [6.07, 6.45) is 0. The summed E-state index contributed by atoms with van der Waals surface area (Å²) in [7, 11) is 0. The van der Waals surface area contributed by atoms with Gasteiger partial charge in [-0.3, -0.25) is 14.7 Å². The van der Waals surface area contributed by atoms with Gasteiger partial charge in [-0.15, -0.1) is 0 Å². The molecule has 0 spiro atoms. The molecular formula is C22H26N4O2. The molecular weight excluding hydrogens is 352 g/mol. The smallest absolute Gasteiger partial charge is 0.271 e. The zero-order valence-electron chi connectivity index (χ0n) is 16.4. The minimum absolute atomic E-state index is 0.202. The number of aromatic amines is 1. The molecule has 1 unspecified atom stereocenters. The number of hydrogen-bond acceptors (Lipinski definition) is 3. The van der Waals surface area contributed by atoms with Crippen LogP contribution in [0.15, 0.2) is 59.4 Å². The molecule has 2 aromatic carbocycles. The first-order valence-corrected chi connectivity index (χ1v) is 9.38. The van der Waals surface area contributed by atoms with Crippen molar-refractivity contribution in [1.29, 1.82) is 0 Å². The highest BCUT2D eigenvalue weighted by atomic mass is 16.2. The topological polar surface area (TPSA) is 92.9 Å². The van der Waals surface area contributed by atoms with Crippen molar-refractivity contribution in [2.75, 3.05) is 6.54 Å². The van der Waals surface area contributed by atoms with Crippen LogP contribution in [0.25, 0.3) is 5.69 Å². The monoisotopic (exact) mass is 378 g/mol. The van der Waals surface area contributed by atoms with Crippen molar-refractivity contribution in [3.63, 3.8) is 0 Å². The lowest BCUT2D eigenvalue weighted by Gasteiger charge is -2.14. The van der Waals surface area contributed by atoms with Crippen LogP contribution in [0.1, 0.15) is 53.0 Å². The van der Waals surface area contributed by atoms with Crippen molar-refractivity contribution in [3.05, 3.63) is 87.3 Å². The molecule has 0 bridgehead atoms. The van der Waals surface area contributed by atoms with Crippen LogP contribution in [-0.4, -0.2) is 22.2 Å². The SMILES string of the molecule is Cc1ccc(-n2[nH]c(C(=O)NCC(N)c3ccc(C(C)C)cc3)cc2=O)cc1. The number of nitrogens with zero attached hydrogens (tertiary/aromatic N) is 1. The highest BCUT2D eigenvalue weighted by Crippen LogP contribution is 2.17. The summed E-state index contributed by atoms with van der Waals surface area (Å²) in [6.45, 7) is 6.52. The number of H-pyrrole nitrogens is 1. The molecule has 3 rings (SSSR count). The summed E-state index contributed by atoms with van der Waals surface area (Å²) in [5.41, 5.74) is 10.1. The summed E-state index contributed by atoms with van der Waals surface area (Å²) < 4.78 is 1.35. The molecule has 28 heavy (non-hydrogen) atoms. The van der Waals surface area contributed by atoms with Crippen LogP contribution < -0.4 is 16.6 Å². The fourth-order valence-electron chi connectivity index (χ4n) is 2.94. The average Bonchev–Trinajstić information content (AvgIpc) is 3.08. The second kappa shape index (κ2) is 8.27. The van der Waals surface area contributed by atoms with E-state index in [0.29, 0.717) is 11.6 Å².